The highest BCUT2D eigenvalue weighted by Gasteiger charge is 2.52. The van der Waals surface area contributed by atoms with Gasteiger partial charge in [-0.3, -0.25) is 0 Å². The molecule has 4 N–H and O–H groups in total. The second kappa shape index (κ2) is 4.36. The molecule has 0 spiro atoms. The van der Waals surface area contributed by atoms with Gasteiger partial charge in [-0.15, -0.1) is 0 Å². The molecule has 6 heteroatoms. The van der Waals surface area contributed by atoms with Crippen molar-refractivity contribution in [3.05, 3.63) is 22.3 Å². The highest BCUT2D eigenvalue weighted by molar-refractivity contribution is 5.80. The van der Waals surface area contributed by atoms with Crippen molar-refractivity contribution in [1.82, 2.24) is 0 Å². The minimum absolute atomic E-state index is 0.00929. The third-order valence-corrected chi connectivity index (χ3v) is 4.16. The Bertz CT molecular complexity index is 594. The number of hydrogen-bond donors (Lipinski definition) is 4. The van der Waals surface area contributed by atoms with Crippen molar-refractivity contribution in [1.29, 1.82) is 0 Å². The van der Waals surface area contributed by atoms with Crippen LogP contribution in [0.15, 0.2) is 0 Å². The number of fused-ring (bicyclic) bond motifs is 1. The van der Waals surface area contributed by atoms with Gasteiger partial charge in [0.15, 0.2) is 0 Å². The fourth-order valence-electron chi connectivity index (χ4n) is 2.52. The molecule has 1 heterocycles. The lowest BCUT2D eigenvalue weighted by Crippen LogP contribution is -2.57. The molecule has 110 valence electrons. The first kappa shape index (κ1) is 14.6. The number of hydrogen-bond acceptors (Lipinski definition) is 5. The van der Waals surface area contributed by atoms with E-state index in [4.69, 9.17) is 4.74 Å². The van der Waals surface area contributed by atoms with E-state index < -0.39 is 23.8 Å². The zero-order chi connectivity index (χ0) is 15.4. The van der Waals surface area contributed by atoms with Crippen molar-refractivity contribution in [2.45, 2.75) is 45.5 Å². The Labute approximate surface area is 116 Å². The molecular formula is C14H18O6. The molecule has 1 aliphatic rings. The van der Waals surface area contributed by atoms with Crippen molar-refractivity contribution in [3.8, 4) is 11.5 Å². The fourth-order valence-corrected chi connectivity index (χ4v) is 2.52. The monoisotopic (exact) mass is 282 g/mol. The summed E-state index contributed by atoms with van der Waals surface area (Å²) in [5.41, 5.74) is -0.231. The Balaban J connectivity index is 2.76. The van der Waals surface area contributed by atoms with Gasteiger partial charge >= 0.3 is 5.97 Å². The molecule has 2 unspecified atom stereocenters. The van der Waals surface area contributed by atoms with E-state index in [-0.39, 0.29) is 17.1 Å². The van der Waals surface area contributed by atoms with Crippen molar-refractivity contribution in [2.24, 2.45) is 0 Å². The van der Waals surface area contributed by atoms with Gasteiger partial charge in [-0.05, 0) is 38.8 Å². The smallest absolute Gasteiger partial charge is 0.350 e. The summed E-state index contributed by atoms with van der Waals surface area (Å²) < 4.78 is 5.49. The predicted octanol–water partition coefficient (Wildman–Crippen LogP) is 0.947. The second-order valence-corrected chi connectivity index (χ2v) is 5.37. The standard InChI is InChI=1S/C14H18O6/c1-5-6(2)11-8(7(3)9(5)15)10(16)12(17)14(4,20-11)13(18)19/h10,12,15-17H,1-4H3,(H,18,19)/t10?,12?,14-/m0/s1. The van der Waals surface area contributed by atoms with Crippen LogP contribution in [0.5, 0.6) is 11.5 Å². The van der Waals surface area contributed by atoms with Crippen LogP contribution in [-0.4, -0.2) is 38.1 Å². The van der Waals surface area contributed by atoms with Gasteiger partial charge in [0.05, 0.1) is 0 Å². The number of carbonyl (C=O) groups is 1. The molecule has 1 aromatic rings. The van der Waals surface area contributed by atoms with Crippen molar-refractivity contribution in [3.63, 3.8) is 0 Å². The molecule has 0 aromatic heterocycles. The lowest BCUT2D eigenvalue weighted by molar-refractivity contribution is -0.178. The van der Waals surface area contributed by atoms with Gasteiger partial charge in [-0.25, -0.2) is 4.79 Å². The van der Waals surface area contributed by atoms with E-state index in [9.17, 15) is 25.2 Å². The molecule has 0 amide bonds. The van der Waals surface area contributed by atoms with Gasteiger partial charge in [0, 0.05) is 11.1 Å². The van der Waals surface area contributed by atoms with Crippen molar-refractivity contribution >= 4 is 5.97 Å². The summed E-state index contributed by atoms with van der Waals surface area (Å²) in [5, 5.41) is 39.6. The average Bonchev–Trinajstić information content (AvgIpc) is 2.39. The summed E-state index contributed by atoms with van der Waals surface area (Å²) in [6.07, 6.45) is -3.07. The van der Waals surface area contributed by atoms with E-state index in [0.717, 1.165) is 0 Å². The minimum Gasteiger partial charge on any atom is -0.507 e. The molecule has 0 saturated carbocycles. The van der Waals surface area contributed by atoms with Crippen LogP contribution >= 0.6 is 0 Å². The van der Waals surface area contributed by atoms with Gasteiger partial charge < -0.3 is 25.2 Å². The molecule has 20 heavy (non-hydrogen) atoms. The van der Waals surface area contributed by atoms with E-state index >= 15 is 0 Å². The SMILES string of the molecule is Cc1c(C)c2c(c(C)c1O)C(O)C(O)[C@@](C)(C(=O)O)O2. The Morgan fingerprint density at radius 3 is 2.20 bits per heavy atom. The van der Waals surface area contributed by atoms with Crippen LogP contribution < -0.4 is 4.74 Å². The van der Waals surface area contributed by atoms with Crippen LogP contribution in [-0.2, 0) is 4.79 Å². The number of phenols is 1. The number of phenolic OH excluding ortho intramolecular Hbond substituents is 1. The van der Waals surface area contributed by atoms with Gasteiger partial charge in [-0.1, -0.05) is 0 Å². The van der Waals surface area contributed by atoms with Crippen LogP contribution in [0.1, 0.15) is 35.3 Å². The molecule has 0 radical (unpaired) electrons. The van der Waals surface area contributed by atoms with Crippen molar-refractivity contribution in [2.75, 3.05) is 0 Å². The van der Waals surface area contributed by atoms with Crippen LogP contribution in [0.3, 0.4) is 0 Å². The minimum atomic E-state index is -1.94. The molecule has 1 aromatic carbocycles. The molecule has 3 atom stereocenters. The summed E-state index contributed by atoms with van der Waals surface area (Å²) in [6.45, 7) is 6.14. The van der Waals surface area contributed by atoms with Gasteiger partial charge in [0.25, 0.3) is 0 Å². The van der Waals surface area contributed by atoms with E-state index in [1.54, 1.807) is 20.8 Å². The zero-order valence-corrected chi connectivity index (χ0v) is 11.8. The predicted molar refractivity (Wildman–Crippen MR) is 70.0 cm³/mol. The number of benzene rings is 1. The first-order valence-corrected chi connectivity index (χ1v) is 6.24. The van der Waals surface area contributed by atoms with E-state index in [1.165, 1.54) is 6.92 Å². The largest absolute Gasteiger partial charge is 0.507 e. The number of carboxylic acids is 1. The maximum atomic E-state index is 11.3. The summed E-state index contributed by atoms with van der Waals surface area (Å²) in [7, 11) is 0. The fraction of sp³-hybridized carbons (Fsp3) is 0.500. The highest BCUT2D eigenvalue weighted by Crippen LogP contribution is 2.47. The molecule has 0 fully saturated rings. The third-order valence-electron chi connectivity index (χ3n) is 4.16. The first-order valence-electron chi connectivity index (χ1n) is 6.24. The lowest BCUT2D eigenvalue weighted by Gasteiger charge is -2.41. The number of aliphatic hydroxyl groups is 2. The lowest BCUT2D eigenvalue weighted by atomic mass is 9.83. The maximum Gasteiger partial charge on any atom is 0.350 e. The van der Waals surface area contributed by atoms with Crippen LogP contribution in [0.25, 0.3) is 0 Å². The van der Waals surface area contributed by atoms with Gasteiger partial charge in [0.1, 0.15) is 23.7 Å². The Hall–Kier alpha value is -1.79. The first-order chi connectivity index (χ1) is 9.12. The number of carboxylic acid groups (broad SMARTS) is 1. The molecule has 0 aliphatic carbocycles. The molecule has 1 aliphatic heterocycles. The molecular weight excluding hydrogens is 264 g/mol. The van der Waals surface area contributed by atoms with E-state index in [1.807, 2.05) is 0 Å². The Kier molecular flexibility index (Phi) is 3.19. The van der Waals surface area contributed by atoms with Gasteiger partial charge in [0.2, 0.25) is 5.60 Å². The average molecular weight is 282 g/mol. The van der Waals surface area contributed by atoms with Crippen molar-refractivity contribution < 1.29 is 30.0 Å². The molecule has 0 bridgehead atoms. The van der Waals surface area contributed by atoms with E-state index in [0.29, 0.717) is 16.7 Å². The molecule has 0 saturated heterocycles. The molecule has 6 nitrogen and oxygen atoms in total. The Morgan fingerprint density at radius 1 is 1.15 bits per heavy atom. The number of rotatable bonds is 1. The number of aliphatic carboxylic acids is 1. The normalized spacial score (nSPS) is 28.7. The van der Waals surface area contributed by atoms with E-state index in [2.05, 4.69) is 0 Å². The topological polar surface area (TPSA) is 107 Å². The van der Waals surface area contributed by atoms with Crippen LogP contribution in [0.4, 0.5) is 0 Å². The number of aliphatic hydroxyl groups excluding tert-OH is 2. The molecule has 2 rings (SSSR count). The highest BCUT2D eigenvalue weighted by atomic mass is 16.5. The zero-order valence-electron chi connectivity index (χ0n) is 11.8. The quantitative estimate of drug-likeness (QED) is 0.611. The van der Waals surface area contributed by atoms with Gasteiger partial charge in [-0.2, -0.15) is 0 Å². The number of ether oxygens (including phenoxy) is 1. The summed E-state index contributed by atoms with van der Waals surface area (Å²) in [6, 6.07) is 0. The maximum absolute atomic E-state index is 11.3. The summed E-state index contributed by atoms with van der Waals surface area (Å²) in [4.78, 5) is 11.3. The number of aromatic hydroxyl groups is 1. The summed E-state index contributed by atoms with van der Waals surface area (Å²) in [5.74, 6) is -1.15. The third kappa shape index (κ3) is 1.68. The second-order valence-electron chi connectivity index (χ2n) is 5.37. The van der Waals surface area contributed by atoms with Crippen LogP contribution in [0, 0.1) is 20.8 Å². The van der Waals surface area contributed by atoms with Crippen LogP contribution in [0.2, 0.25) is 0 Å². The Morgan fingerprint density at radius 2 is 1.70 bits per heavy atom. The summed E-state index contributed by atoms with van der Waals surface area (Å²) >= 11 is 0.